The van der Waals surface area contributed by atoms with E-state index in [4.69, 9.17) is 21.1 Å². The van der Waals surface area contributed by atoms with E-state index >= 15 is 0 Å². The molecule has 1 heterocycles. The molecule has 21 heavy (non-hydrogen) atoms. The van der Waals surface area contributed by atoms with Crippen LogP contribution in [0.3, 0.4) is 0 Å². The van der Waals surface area contributed by atoms with Crippen LogP contribution < -0.4 is 4.74 Å². The summed E-state index contributed by atoms with van der Waals surface area (Å²) in [7, 11) is 0. The lowest BCUT2D eigenvalue weighted by molar-refractivity contribution is -0.145. The molecule has 0 N–H and O–H groups in total. The number of hydrogen-bond acceptors (Lipinski definition) is 3. The summed E-state index contributed by atoms with van der Waals surface area (Å²) in [5.74, 6) is 0.512. The molecule has 1 fully saturated rings. The first-order chi connectivity index (χ1) is 9.86. The van der Waals surface area contributed by atoms with E-state index in [0.717, 1.165) is 10.0 Å². The quantitative estimate of drug-likeness (QED) is 0.811. The van der Waals surface area contributed by atoms with Crippen LogP contribution in [0.15, 0.2) is 16.6 Å². The highest BCUT2D eigenvalue weighted by Crippen LogP contribution is 2.32. The molecule has 1 aliphatic rings. The van der Waals surface area contributed by atoms with E-state index < -0.39 is 0 Å². The predicted molar refractivity (Wildman–Crippen MR) is 86.0 cm³/mol. The Balaban J connectivity index is 1.98. The van der Waals surface area contributed by atoms with Crippen molar-refractivity contribution in [3.8, 4) is 5.75 Å². The summed E-state index contributed by atoms with van der Waals surface area (Å²) in [6.07, 6.45) is 0.103. The molecule has 0 radical (unpaired) electrons. The number of carbonyl (C=O) groups is 1. The minimum absolute atomic E-state index is 0.0123. The lowest BCUT2D eigenvalue weighted by Gasteiger charge is -2.35. The molecule has 0 bridgehead atoms. The molecule has 0 saturated carbocycles. The second-order valence-corrected chi connectivity index (χ2v) is 6.70. The molecule has 116 valence electrons. The minimum Gasteiger partial charge on any atom is -0.482 e. The van der Waals surface area contributed by atoms with Crippen LogP contribution in [-0.2, 0) is 9.53 Å². The van der Waals surface area contributed by atoms with Crippen molar-refractivity contribution in [3.05, 3.63) is 27.2 Å². The number of rotatable bonds is 3. The first-order valence-corrected chi connectivity index (χ1v) is 8.05. The summed E-state index contributed by atoms with van der Waals surface area (Å²) in [5, 5.41) is 0.499. The fourth-order valence-corrected chi connectivity index (χ4v) is 3.50. The number of amides is 1. The normalized spacial score (nSPS) is 22.2. The number of halogens is 2. The van der Waals surface area contributed by atoms with E-state index in [-0.39, 0.29) is 24.7 Å². The molecule has 0 aromatic heterocycles. The molecule has 1 saturated heterocycles. The average molecular weight is 377 g/mol. The number of carbonyl (C=O) groups excluding carboxylic acids is 1. The van der Waals surface area contributed by atoms with Crippen molar-refractivity contribution in [3.63, 3.8) is 0 Å². The van der Waals surface area contributed by atoms with Gasteiger partial charge in [-0.25, -0.2) is 0 Å². The van der Waals surface area contributed by atoms with Crippen molar-refractivity contribution < 1.29 is 14.3 Å². The standard InChI is InChI=1S/C15H19BrClNO3/c1-9-4-12(16)5-13(17)15(9)20-8-14(19)18-6-10(2)21-11(3)7-18/h4-5,10-11H,6-8H2,1-3H3/t10-,11-/m0/s1. The van der Waals surface area contributed by atoms with Gasteiger partial charge in [0.1, 0.15) is 5.75 Å². The van der Waals surface area contributed by atoms with Crippen LogP contribution in [0.5, 0.6) is 5.75 Å². The lowest BCUT2D eigenvalue weighted by Crippen LogP contribution is -2.49. The maximum absolute atomic E-state index is 12.2. The molecular formula is C15H19BrClNO3. The summed E-state index contributed by atoms with van der Waals surface area (Å²) in [5.41, 5.74) is 0.894. The monoisotopic (exact) mass is 375 g/mol. The second kappa shape index (κ2) is 6.99. The molecule has 0 aliphatic carbocycles. The molecule has 0 unspecified atom stereocenters. The first-order valence-electron chi connectivity index (χ1n) is 6.88. The van der Waals surface area contributed by atoms with Crippen molar-refractivity contribution in [1.29, 1.82) is 0 Å². The van der Waals surface area contributed by atoms with Crippen molar-refractivity contribution in [1.82, 2.24) is 4.90 Å². The number of benzene rings is 1. The Morgan fingerprint density at radius 2 is 2.05 bits per heavy atom. The number of ether oxygens (including phenoxy) is 2. The summed E-state index contributed by atoms with van der Waals surface area (Å²) in [6, 6.07) is 3.66. The van der Waals surface area contributed by atoms with Crippen LogP contribution >= 0.6 is 27.5 Å². The van der Waals surface area contributed by atoms with Gasteiger partial charge in [-0.05, 0) is 38.5 Å². The Labute approximate surface area is 138 Å². The Bertz CT molecular complexity index is 505. The lowest BCUT2D eigenvalue weighted by atomic mass is 10.2. The molecule has 6 heteroatoms. The fraction of sp³-hybridized carbons (Fsp3) is 0.533. The van der Waals surface area contributed by atoms with Crippen LogP contribution in [0, 0.1) is 6.92 Å². The molecule has 1 amide bonds. The van der Waals surface area contributed by atoms with E-state index in [1.54, 1.807) is 11.0 Å². The van der Waals surface area contributed by atoms with Gasteiger partial charge in [0, 0.05) is 17.6 Å². The molecule has 1 aliphatic heterocycles. The highest BCUT2D eigenvalue weighted by molar-refractivity contribution is 9.10. The number of hydrogen-bond donors (Lipinski definition) is 0. The van der Waals surface area contributed by atoms with Gasteiger partial charge in [-0.15, -0.1) is 0 Å². The van der Waals surface area contributed by atoms with Gasteiger partial charge in [0.15, 0.2) is 6.61 Å². The van der Waals surface area contributed by atoms with Crippen LogP contribution in [0.25, 0.3) is 0 Å². The third-order valence-corrected chi connectivity index (χ3v) is 4.04. The van der Waals surface area contributed by atoms with Gasteiger partial charge in [0.2, 0.25) is 0 Å². The fourth-order valence-electron chi connectivity index (χ4n) is 2.48. The van der Waals surface area contributed by atoms with Gasteiger partial charge >= 0.3 is 0 Å². The number of morpholine rings is 1. The molecule has 2 atom stereocenters. The Morgan fingerprint density at radius 1 is 1.43 bits per heavy atom. The highest BCUT2D eigenvalue weighted by Gasteiger charge is 2.26. The highest BCUT2D eigenvalue weighted by atomic mass is 79.9. The van der Waals surface area contributed by atoms with Gasteiger partial charge < -0.3 is 14.4 Å². The Kier molecular flexibility index (Phi) is 5.52. The van der Waals surface area contributed by atoms with E-state index in [1.807, 2.05) is 26.8 Å². The zero-order chi connectivity index (χ0) is 15.6. The third kappa shape index (κ3) is 4.34. The minimum atomic E-state index is -0.0459. The van der Waals surface area contributed by atoms with Gasteiger partial charge in [-0.1, -0.05) is 27.5 Å². The smallest absolute Gasteiger partial charge is 0.260 e. The number of nitrogens with zero attached hydrogens (tertiary/aromatic N) is 1. The van der Waals surface area contributed by atoms with Crippen molar-refractivity contribution in [2.24, 2.45) is 0 Å². The summed E-state index contributed by atoms with van der Waals surface area (Å²) in [6.45, 7) is 7.01. The Hall–Kier alpha value is -0.780. The van der Waals surface area contributed by atoms with Crippen molar-refractivity contribution >= 4 is 33.4 Å². The van der Waals surface area contributed by atoms with Crippen LogP contribution in [0.4, 0.5) is 0 Å². The number of aryl methyl sites for hydroxylation is 1. The van der Waals surface area contributed by atoms with Crippen LogP contribution in [0.2, 0.25) is 5.02 Å². The van der Waals surface area contributed by atoms with Gasteiger partial charge in [0.25, 0.3) is 5.91 Å². The zero-order valence-electron chi connectivity index (χ0n) is 12.4. The van der Waals surface area contributed by atoms with Gasteiger partial charge in [0.05, 0.1) is 17.2 Å². The summed E-state index contributed by atoms with van der Waals surface area (Å²) in [4.78, 5) is 14.0. The van der Waals surface area contributed by atoms with Gasteiger partial charge in [-0.3, -0.25) is 4.79 Å². The Morgan fingerprint density at radius 3 is 2.62 bits per heavy atom. The average Bonchev–Trinajstić information content (AvgIpc) is 2.35. The predicted octanol–water partition coefficient (Wildman–Crippen LogP) is 3.43. The molecule has 4 nitrogen and oxygen atoms in total. The topological polar surface area (TPSA) is 38.8 Å². The zero-order valence-corrected chi connectivity index (χ0v) is 14.7. The summed E-state index contributed by atoms with van der Waals surface area (Å²) >= 11 is 9.52. The molecular weight excluding hydrogens is 358 g/mol. The van der Waals surface area contributed by atoms with Crippen LogP contribution in [0.1, 0.15) is 19.4 Å². The molecule has 1 aromatic rings. The maximum Gasteiger partial charge on any atom is 0.260 e. The second-order valence-electron chi connectivity index (χ2n) is 5.38. The molecule has 2 rings (SSSR count). The van der Waals surface area contributed by atoms with E-state index in [9.17, 15) is 4.79 Å². The maximum atomic E-state index is 12.2. The van der Waals surface area contributed by atoms with Crippen molar-refractivity contribution in [2.75, 3.05) is 19.7 Å². The first kappa shape index (κ1) is 16.6. The van der Waals surface area contributed by atoms with Gasteiger partial charge in [-0.2, -0.15) is 0 Å². The van der Waals surface area contributed by atoms with Crippen LogP contribution in [-0.4, -0.2) is 42.7 Å². The molecule has 1 aromatic carbocycles. The van der Waals surface area contributed by atoms with E-state index in [1.165, 1.54) is 0 Å². The van der Waals surface area contributed by atoms with E-state index in [2.05, 4.69) is 15.9 Å². The third-order valence-electron chi connectivity index (χ3n) is 3.31. The summed E-state index contributed by atoms with van der Waals surface area (Å²) < 4.78 is 12.1. The van der Waals surface area contributed by atoms with Crippen molar-refractivity contribution in [2.45, 2.75) is 33.0 Å². The SMILES string of the molecule is Cc1cc(Br)cc(Cl)c1OCC(=O)N1C[C@H](C)O[C@@H](C)C1. The molecule has 0 spiro atoms. The van der Waals surface area contributed by atoms with E-state index in [0.29, 0.717) is 23.9 Å². The largest absolute Gasteiger partial charge is 0.482 e.